The molecule has 0 fully saturated rings. The van der Waals surface area contributed by atoms with Crippen LogP contribution in [0.3, 0.4) is 0 Å². The molecule has 3 aromatic rings. The van der Waals surface area contributed by atoms with Crippen LogP contribution in [0.4, 0.5) is 13.2 Å². The van der Waals surface area contributed by atoms with Crippen molar-refractivity contribution in [2.75, 3.05) is 19.8 Å². The topological polar surface area (TPSA) is 119 Å². The maximum atomic E-state index is 12.7. The van der Waals surface area contributed by atoms with Crippen LogP contribution in [0.25, 0.3) is 11.2 Å². The third-order valence-electron chi connectivity index (χ3n) is 4.36. The van der Waals surface area contributed by atoms with Gasteiger partial charge in [-0.1, -0.05) is 11.2 Å². The number of hydrogen-bond acceptors (Lipinski definition) is 8. The number of ether oxygens (including phenoxy) is 3. The van der Waals surface area contributed by atoms with Crippen LogP contribution in [0.15, 0.2) is 39.0 Å². The van der Waals surface area contributed by atoms with E-state index >= 15 is 0 Å². The molecule has 32 heavy (non-hydrogen) atoms. The second kappa shape index (κ2) is 9.11. The lowest BCUT2D eigenvalue weighted by Gasteiger charge is -2.11. The number of benzene rings is 1. The van der Waals surface area contributed by atoms with Gasteiger partial charge in [0.1, 0.15) is 24.7 Å². The minimum atomic E-state index is -4.82. The van der Waals surface area contributed by atoms with Crippen LogP contribution in [-0.2, 0) is 20.6 Å². The molecule has 2 heterocycles. The highest BCUT2D eigenvalue weighted by molar-refractivity contribution is 5.71. The minimum Gasteiger partial charge on any atom is -0.490 e. The summed E-state index contributed by atoms with van der Waals surface area (Å²) in [6, 6.07) is 5.03. The molecule has 14 heteroatoms. The van der Waals surface area contributed by atoms with Gasteiger partial charge in [-0.25, -0.2) is 4.79 Å². The van der Waals surface area contributed by atoms with Crippen molar-refractivity contribution in [1.82, 2.24) is 18.7 Å². The van der Waals surface area contributed by atoms with Crippen molar-refractivity contribution < 1.29 is 27.4 Å². The summed E-state index contributed by atoms with van der Waals surface area (Å²) >= 11 is 0. The zero-order valence-electron chi connectivity index (χ0n) is 17.0. The summed E-state index contributed by atoms with van der Waals surface area (Å²) < 4.78 is 55.0. The van der Waals surface area contributed by atoms with E-state index in [0.29, 0.717) is 0 Å². The van der Waals surface area contributed by atoms with Crippen LogP contribution in [-0.4, -0.2) is 44.8 Å². The summed E-state index contributed by atoms with van der Waals surface area (Å²) in [6.45, 7) is -0.517. The molecule has 0 atom stereocenters. The smallest absolute Gasteiger partial charge is 0.490 e. The monoisotopic (exact) mass is 457 g/mol. The number of fused-ring (bicyclic) bond motifs is 1. The number of nitroso groups, excluding NO2 is 1. The highest BCUT2D eigenvalue weighted by Crippen LogP contribution is 2.26. The number of hydrogen-bond donors (Lipinski definition) is 0. The lowest BCUT2D eigenvalue weighted by molar-refractivity contribution is -0.274. The Morgan fingerprint density at radius 3 is 2.44 bits per heavy atom. The van der Waals surface area contributed by atoms with Gasteiger partial charge in [0, 0.05) is 20.2 Å². The fourth-order valence-electron chi connectivity index (χ4n) is 2.94. The molecule has 1 aromatic carbocycles. The molecular weight excluding hydrogens is 439 g/mol. The van der Waals surface area contributed by atoms with E-state index in [4.69, 9.17) is 9.47 Å². The van der Waals surface area contributed by atoms with E-state index in [1.165, 1.54) is 30.8 Å². The van der Waals surface area contributed by atoms with E-state index in [1.54, 1.807) is 0 Å². The Hall–Kier alpha value is -3.84. The van der Waals surface area contributed by atoms with Gasteiger partial charge in [0.05, 0.1) is 13.1 Å². The maximum absolute atomic E-state index is 12.7. The number of aromatic nitrogens is 4. The van der Waals surface area contributed by atoms with Crippen LogP contribution >= 0.6 is 0 Å². The van der Waals surface area contributed by atoms with Gasteiger partial charge in [-0.3, -0.25) is 18.5 Å². The molecule has 0 N–H and O–H groups in total. The first-order valence-electron chi connectivity index (χ1n) is 9.19. The molecule has 0 unspecified atom stereocenters. The van der Waals surface area contributed by atoms with Gasteiger partial charge in [-0.05, 0) is 12.1 Å². The van der Waals surface area contributed by atoms with Crippen LogP contribution in [0, 0.1) is 4.91 Å². The first-order chi connectivity index (χ1) is 15.1. The highest BCUT2D eigenvalue weighted by atomic mass is 19.4. The van der Waals surface area contributed by atoms with Crippen LogP contribution in [0.1, 0.15) is 0 Å². The summed E-state index contributed by atoms with van der Waals surface area (Å²) in [4.78, 5) is 39.5. The average Bonchev–Trinajstić information content (AvgIpc) is 3.05. The van der Waals surface area contributed by atoms with E-state index < -0.39 is 23.4 Å². The number of nitrogens with zero attached hydrogens (tertiary/aromatic N) is 5. The van der Waals surface area contributed by atoms with E-state index in [0.717, 1.165) is 21.3 Å². The van der Waals surface area contributed by atoms with E-state index in [-0.39, 0.29) is 49.2 Å². The second-order valence-corrected chi connectivity index (χ2v) is 6.50. The lowest BCUT2D eigenvalue weighted by Crippen LogP contribution is -2.40. The van der Waals surface area contributed by atoms with Gasteiger partial charge in [0.2, 0.25) is 0 Å². The molecule has 172 valence electrons. The Bertz CT molecular complexity index is 1250. The van der Waals surface area contributed by atoms with Gasteiger partial charge in [0.25, 0.3) is 11.6 Å². The molecule has 0 bridgehead atoms. The molecular formula is C18H18F3N5O6. The van der Waals surface area contributed by atoms with Crippen molar-refractivity contribution in [2.45, 2.75) is 12.9 Å². The molecule has 0 radical (unpaired) electrons. The maximum Gasteiger partial charge on any atom is 0.573 e. The molecule has 11 nitrogen and oxygen atoms in total. The number of rotatable bonds is 9. The third kappa shape index (κ3) is 4.90. The second-order valence-electron chi connectivity index (χ2n) is 6.50. The van der Waals surface area contributed by atoms with Gasteiger partial charge in [-0.2, -0.15) is 9.89 Å². The van der Waals surface area contributed by atoms with E-state index in [9.17, 15) is 27.7 Å². The summed E-state index contributed by atoms with van der Waals surface area (Å²) in [6.07, 6.45) is -4.82. The Morgan fingerprint density at radius 1 is 1.06 bits per heavy atom. The number of halogens is 3. The lowest BCUT2D eigenvalue weighted by atomic mass is 10.3. The zero-order valence-corrected chi connectivity index (χ0v) is 17.0. The Kier molecular flexibility index (Phi) is 6.50. The van der Waals surface area contributed by atoms with Crippen LogP contribution in [0.2, 0.25) is 0 Å². The molecule has 0 aliphatic rings. The SMILES string of the molecule is Cn1c(OCCOc2cccc(OC(F)(F)F)c2)nc2c1c(=O)n(CCN=O)c(=O)n2C. The summed E-state index contributed by atoms with van der Waals surface area (Å²) in [5.41, 5.74) is -1.12. The first-order valence-corrected chi connectivity index (χ1v) is 9.19. The van der Waals surface area contributed by atoms with Gasteiger partial charge in [-0.15, -0.1) is 13.2 Å². The van der Waals surface area contributed by atoms with Crippen molar-refractivity contribution in [1.29, 1.82) is 0 Å². The Balaban J connectivity index is 1.72. The average molecular weight is 457 g/mol. The van der Waals surface area contributed by atoms with Crippen molar-refractivity contribution >= 4 is 11.2 Å². The quantitative estimate of drug-likeness (QED) is 0.353. The Morgan fingerprint density at radius 2 is 1.75 bits per heavy atom. The number of alkyl halides is 3. The predicted molar refractivity (Wildman–Crippen MR) is 105 cm³/mol. The van der Waals surface area contributed by atoms with Crippen molar-refractivity contribution in [2.24, 2.45) is 19.3 Å². The highest BCUT2D eigenvalue weighted by Gasteiger charge is 2.31. The standard InChI is InChI=1S/C18H18F3N5O6/c1-24-13-14(25(2)17(28)26(15(13)27)7-6-22-29)23-16(24)31-9-8-30-11-4-3-5-12(10-11)32-18(19,20)21/h3-5,10H,6-9H2,1-2H3. The first kappa shape index (κ1) is 22.8. The summed E-state index contributed by atoms with van der Waals surface area (Å²) in [5.74, 6) is -0.289. The molecule has 0 aliphatic heterocycles. The van der Waals surface area contributed by atoms with E-state index in [2.05, 4.69) is 14.9 Å². The van der Waals surface area contributed by atoms with Crippen LogP contribution in [0.5, 0.6) is 17.5 Å². The van der Waals surface area contributed by atoms with Crippen LogP contribution < -0.4 is 25.5 Å². The molecule has 0 saturated carbocycles. The molecule has 0 saturated heterocycles. The fraction of sp³-hybridized carbons (Fsp3) is 0.389. The normalized spacial score (nSPS) is 11.5. The number of aryl methyl sites for hydroxylation is 2. The fourth-order valence-corrected chi connectivity index (χ4v) is 2.94. The molecule has 3 rings (SSSR count). The predicted octanol–water partition coefficient (Wildman–Crippen LogP) is 1.56. The Labute approximate surface area is 177 Å². The van der Waals surface area contributed by atoms with Crippen molar-refractivity contribution in [3.8, 4) is 17.5 Å². The molecule has 0 spiro atoms. The molecule has 0 amide bonds. The summed E-state index contributed by atoms with van der Waals surface area (Å²) in [5, 5.41) is 2.67. The van der Waals surface area contributed by atoms with Crippen molar-refractivity contribution in [3.05, 3.63) is 50.0 Å². The summed E-state index contributed by atoms with van der Waals surface area (Å²) in [7, 11) is 2.93. The molecule has 2 aromatic heterocycles. The third-order valence-corrected chi connectivity index (χ3v) is 4.36. The van der Waals surface area contributed by atoms with Gasteiger partial charge >= 0.3 is 12.1 Å². The molecule has 0 aliphatic carbocycles. The number of imidazole rings is 1. The van der Waals surface area contributed by atoms with E-state index in [1.807, 2.05) is 0 Å². The zero-order chi connectivity index (χ0) is 23.5. The largest absolute Gasteiger partial charge is 0.573 e. The minimum absolute atomic E-state index is 0.0242. The van der Waals surface area contributed by atoms with Crippen molar-refractivity contribution in [3.63, 3.8) is 0 Å². The van der Waals surface area contributed by atoms with Gasteiger partial charge in [0.15, 0.2) is 11.2 Å². The van der Waals surface area contributed by atoms with Gasteiger partial charge < -0.3 is 14.2 Å².